The Bertz CT molecular complexity index is 256. The first-order valence-corrected chi connectivity index (χ1v) is 7.29. The van der Waals surface area contributed by atoms with Crippen LogP contribution in [0.4, 0.5) is 0 Å². The molecule has 0 aromatic heterocycles. The van der Waals surface area contributed by atoms with E-state index in [1.807, 2.05) is 18.7 Å². The fourth-order valence-electron chi connectivity index (χ4n) is 2.69. The molecule has 0 saturated carbocycles. The third kappa shape index (κ3) is 3.69. The van der Waals surface area contributed by atoms with Crippen LogP contribution >= 0.6 is 0 Å². The van der Waals surface area contributed by atoms with Gasteiger partial charge in [-0.15, -0.1) is 0 Å². The zero-order valence-corrected chi connectivity index (χ0v) is 12.4. The highest BCUT2D eigenvalue weighted by atomic mass is 16.2. The molecule has 0 aromatic rings. The number of rotatable bonds is 5. The summed E-state index contributed by atoms with van der Waals surface area (Å²) in [7, 11) is 0. The molecule has 0 spiro atoms. The highest BCUT2D eigenvalue weighted by molar-refractivity contribution is 5.82. The van der Waals surface area contributed by atoms with E-state index in [0.717, 1.165) is 39.0 Å². The molecule has 1 rings (SSSR count). The van der Waals surface area contributed by atoms with Crippen LogP contribution in [0.15, 0.2) is 0 Å². The van der Waals surface area contributed by atoms with Crippen LogP contribution in [0.1, 0.15) is 40.5 Å². The molecule has 1 saturated heterocycles. The fraction of sp³-hybridized carbons (Fsp3) is 0.929. The number of carbonyl (C=O) groups excluding carboxylic acids is 1. The van der Waals surface area contributed by atoms with Crippen molar-refractivity contribution >= 4 is 5.91 Å². The van der Waals surface area contributed by atoms with E-state index in [1.165, 1.54) is 0 Å². The maximum absolute atomic E-state index is 12.1. The standard InChI is InChI=1S/C14H29N3O/c1-5-16(6-2)12-7-9-17(10-8-12)14(18)13(15)11(3)4/h11-13H,5-10,15H2,1-4H3. The van der Waals surface area contributed by atoms with Crippen LogP contribution in [0, 0.1) is 5.92 Å². The first-order valence-electron chi connectivity index (χ1n) is 7.29. The van der Waals surface area contributed by atoms with Gasteiger partial charge in [-0.2, -0.15) is 0 Å². The second-order valence-electron chi connectivity index (χ2n) is 5.55. The van der Waals surface area contributed by atoms with Crippen molar-refractivity contribution in [1.82, 2.24) is 9.80 Å². The van der Waals surface area contributed by atoms with Crippen molar-refractivity contribution in [3.8, 4) is 0 Å². The van der Waals surface area contributed by atoms with E-state index in [9.17, 15) is 4.79 Å². The maximum Gasteiger partial charge on any atom is 0.239 e. The third-order valence-electron chi connectivity index (χ3n) is 4.11. The number of hydrogen-bond acceptors (Lipinski definition) is 3. The molecule has 1 fully saturated rings. The minimum atomic E-state index is -0.338. The molecule has 18 heavy (non-hydrogen) atoms. The van der Waals surface area contributed by atoms with E-state index in [4.69, 9.17) is 5.73 Å². The number of nitrogens with two attached hydrogens (primary N) is 1. The number of nitrogens with zero attached hydrogens (tertiary/aromatic N) is 2. The summed E-state index contributed by atoms with van der Waals surface area (Å²) in [6, 6.07) is 0.300. The van der Waals surface area contributed by atoms with Crippen molar-refractivity contribution in [3.63, 3.8) is 0 Å². The molecule has 1 aliphatic rings. The summed E-state index contributed by atoms with van der Waals surface area (Å²) in [6.45, 7) is 12.3. The van der Waals surface area contributed by atoms with E-state index < -0.39 is 0 Å². The highest BCUT2D eigenvalue weighted by Crippen LogP contribution is 2.17. The average Bonchev–Trinajstić information content (AvgIpc) is 2.39. The molecular formula is C14H29N3O. The second kappa shape index (κ2) is 7.10. The molecule has 1 aliphatic heterocycles. The van der Waals surface area contributed by atoms with Crippen LogP contribution < -0.4 is 5.73 Å². The molecule has 0 aliphatic carbocycles. The third-order valence-corrected chi connectivity index (χ3v) is 4.11. The van der Waals surface area contributed by atoms with E-state index in [2.05, 4.69) is 18.7 Å². The van der Waals surface area contributed by atoms with Gasteiger partial charge in [0.1, 0.15) is 0 Å². The number of amides is 1. The SMILES string of the molecule is CCN(CC)C1CCN(C(=O)C(N)C(C)C)CC1. The summed E-state index contributed by atoms with van der Waals surface area (Å²) in [5.41, 5.74) is 5.94. The van der Waals surface area contributed by atoms with Crippen molar-refractivity contribution in [2.45, 2.75) is 52.6 Å². The molecular weight excluding hydrogens is 226 g/mol. The van der Waals surface area contributed by atoms with E-state index in [0.29, 0.717) is 6.04 Å². The number of likely N-dealkylation sites (tertiary alicyclic amines) is 1. The van der Waals surface area contributed by atoms with Crippen molar-refractivity contribution in [3.05, 3.63) is 0 Å². The molecule has 1 unspecified atom stereocenters. The molecule has 1 heterocycles. The van der Waals surface area contributed by atoms with Crippen molar-refractivity contribution in [2.24, 2.45) is 11.7 Å². The molecule has 0 radical (unpaired) electrons. The highest BCUT2D eigenvalue weighted by Gasteiger charge is 2.29. The van der Waals surface area contributed by atoms with Gasteiger partial charge in [0.05, 0.1) is 6.04 Å². The zero-order chi connectivity index (χ0) is 13.7. The van der Waals surface area contributed by atoms with Crippen LogP contribution in [-0.4, -0.2) is 54.0 Å². The summed E-state index contributed by atoms with van der Waals surface area (Å²) in [5.74, 6) is 0.348. The molecule has 106 valence electrons. The normalized spacial score (nSPS) is 19.6. The van der Waals surface area contributed by atoms with Crippen molar-refractivity contribution in [2.75, 3.05) is 26.2 Å². The van der Waals surface area contributed by atoms with Crippen LogP contribution in [-0.2, 0) is 4.79 Å². The van der Waals surface area contributed by atoms with Gasteiger partial charge in [0.2, 0.25) is 5.91 Å². The Balaban J connectivity index is 2.46. The van der Waals surface area contributed by atoms with Gasteiger partial charge in [0.25, 0.3) is 0 Å². The Hall–Kier alpha value is -0.610. The van der Waals surface area contributed by atoms with Gasteiger partial charge in [-0.1, -0.05) is 27.7 Å². The topological polar surface area (TPSA) is 49.6 Å². The van der Waals surface area contributed by atoms with Crippen molar-refractivity contribution < 1.29 is 4.79 Å². The predicted octanol–water partition coefficient (Wildman–Crippen LogP) is 1.30. The minimum Gasteiger partial charge on any atom is -0.341 e. The first-order chi connectivity index (χ1) is 8.51. The Morgan fingerprint density at radius 2 is 1.78 bits per heavy atom. The summed E-state index contributed by atoms with van der Waals surface area (Å²) in [5, 5.41) is 0. The van der Waals surface area contributed by atoms with E-state index in [1.54, 1.807) is 0 Å². The zero-order valence-electron chi connectivity index (χ0n) is 12.4. The summed E-state index contributed by atoms with van der Waals surface area (Å²) in [6.07, 6.45) is 2.16. The molecule has 0 aromatic carbocycles. The van der Waals surface area contributed by atoms with Crippen LogP contribution in [0.2, 0.25) is 0 Å². The lowest BCUT2D eigenvalue weighted by Crippen LogP contribution is -2.52. The monoisotopic (exact) mass is 255 g/mol. The molecule has 1 amide bonds. The second-order valence-corrected chi connectivity index (χ2v) is 5.55. The molecule has 2 N–H and O–H groups in total. The van der Waals surface area contributed by atoms with Gasteiger partial charge in [0, 0.05) is 19.1 Å². The summed E-state index contributed by atoms with van der Waals surface area (Å²) < 4.78 is 0. The Kier molecular flexibility index (Phi) is 6.09. The number of carbonyl (C=O) groups is 1. The average molecular weight is 255 g/mol. The quantitative estimate of drug-likeness (QED) is 0.805. The summed E-state index contributed by atoms with van der Waals surface area (Å²) >= 11 is 0. The van der Waals surface area contributed by atoms with Crippen LogP contribution in [0.5, 0.6) is 0 Å². The molecule has 1 atom stereocenters. The van der Waals surface area contributed by atoms with Gasteiger partial charge < -0.3 is 15.5 Å². The predicted molar refractivity (Wildman–Crippen MR) is 75.3 cm³/mol. The van der Waals surface area contributed by atoms with Crippen molar-refractivity contribution in [1.29, 1.82) is 0 Å². The van der Waals surface area contributed by atoms with Gasteiger partial charge in [-0.25, -0.2) is 0 Å². The molecule has 0 bridgehead atoms. The maximum atomic E-state index is 12.1. The molecule has 4 heteroatoms. The lowest BCUT2D eigenvalue weighted by Gasteiger charge is -2.38. The lowest BCUT2D eigenvalue weighted by molar-refractivity contribution is -0.135. The Morgan fingerprint density at radius 3 is 2.17 bits per heavy atom. The smallest absolute Gasteiger partial charge is 0.239 e. The lowest BCUT2D eigenvalue weighted by atomic mass is 9.99. The van der Waals surface area contributed by atoms with Gasteiger partial charge >= 0.3 is 0 Å². The number of piperidine rings is 1. The Labute approximate surface area is 111 Å². The van der Waals surface area contributed by atoms with E-state index in [-0.39, 0.29) is 17.9 Å². The summed E-state index contributed by atoms with van der Waals surface area (Å²) in [4.78, 5) is 16.6. The Morgan fingerprint density at radius 1 is 1.28 bits per heavy atom. The largest absolute Gasteiger partial charge is 0.341 e. The van der Waals surface area contributed by atoms with Crippen LogP contribution in [0.3, 0.4) is 0 Å². The fourth-order valence-corrected chi connectivity index (χ4v) is 2.69. The minimum absolute atomic E-state index is 0.128. The van der Waals surface area contributed by atoms with Gasteiger partial charge in [-0.05, 0) is 31.8 Å². The number of hydrogen-bond donors (Lipinski definition) is 1. The first kappa shape index (κ1) is 15.4. The van der Waals surface area contributed by atoms with Gasteiger partial charge in [0.15, 0.2) is 0 Å². The van der Waals surface area contributed by atoms with Crippen LogP contribution in [0.25, 0.3) is 0 Å². The van der Waals surface area contributed by atoms with Gasteiger partial charge in [-0.3, -0.25) is 4.79 Å². The molecule has 4 nitrogen and oxygen atoms in total. The van der Waals surface area contributed by atoms with E-state index >= 15 is 0 Å².